The number of carbonyl (C=O) groups excluding carboxylic acids is 2. The van der Waals surface area contributed by atoms with Crippen LogP contribution in [0.5, 0.6) is 0 Å². The van der Waals surface area contributed by atoms with Gasteiger partial charge in [0.1, 0.15) is 11.6 Å². The highest BCUT2D eigenvalue weighted by molar-refractivity contribution is 7.19. The molecule has 31 heavy (non-hydrogen) atoms. The Kier molecular flexibility index (Phi) is 5.33. The van der Waals surface area contributed by atoms with Crippen LogP contribution in [0.4, 0.5) is 0 Å². The van der Waals surface area contributed by atoms with Gasteiger partial charge in [-0.05, 0) is 55.7 Å². The highest BCUT2D eigenvalue weighted by atomic mass is 32.1. The highest BCUT2D eigenvalue weighted by Crippen LogP contribution is 2.33. The first kappa shape index (κ1) is 20.4. The summed E-state index contributed by atoms with van der Waals surface area (Å²) in [6, 6.07) is 15.8. The van der Waals surface area contributed by atoms with Crippen LogP contribution in [0.2, 0.25) is 0 Å². The molecule has 0 N–H and O–H groups in total. The predicted octanol–water partition coefficient (Wildman–Crippen LogP) is 4.25. The monoisotopic (exact) mass is 425 g/mol. The second-order valence-electron chi connectivity index (χ2n) is 7.13. The number of carbonyl (C=O) groups is 2. The second-order valence-corrected chi connectivity index (χ2v) is 8.24. The Morgan fingerprint density at radius 1 is 1.10 bits per heavy atom. The number of nitriles is 1. The smallest absolute Gasteiger partial charge is 0.271 e. The molecular formula is C25H19N3O2S. The quantitative estimate of drug-likeness (QED) is 0.350. The number of likely N-dealkylation sites (N-methyl/N-ethyl adjacent to an activating group) is 1. The van der Waals surface area contributed by atoms with E-state index in [2.05, 4.69) is 11.8 Å². The van der Waals surface area contributed by atoms with Gasteiger partial charge >= 0.3 is 0 Å². The number of amides is 2. The topological polar surface area (TPSA) is 66.1 Å². The molecule has 3 heterocycles. The lowest BCUT2D eigenvalue weighted by Gasteiger charge is -2.26. The molecule has 0 atom stereocenters. The van der Waals surface area contributed by atoms with E-state index in [1.807, 2.05) is 60.1 Å². The first-order valence-electron chi connectivity index (χ1n) is 9.80. The average Bonchev–Trinajstić information content (AvgIpc) is 3.29. The number of nitrogens with zero attached hydrogens (tertiary/aromatic N) is 3. The standard InChI is InChI=1S/C25H19N3O2S/c1-4-28-24(29)20(16(2)21(15-26)25(28)30)13-19-14-22-23(31-19)12-18(27(22)3)11-10-17-8-6-5-7-9-17/h5-9,12-14H,4H2,1-3H3/b20-13-. The maximum absolute atomic E-state index is 12.8. The number of benzene rings is 1. The van der Waals surface area contributed by atoms with E-state index in [9.17, 15) is 14.9 Å². The van der Waals surface area contributed by atoms with Gasteiger partial charge in [-0.3, -0.25) is 14.5 Å². The lowest BCUT2D eigenvalue weighted by Crippen LogP contribution is -2.42. The average molecular weight is 426 g/mol. The molecular weight excluding hydrogens is 406 g/mol. The minimum atomic E-state index is -0.525. The van der Waals surface area contributed by atoms with Crippen molar-refractivity contribution in [3.8, 4) is 17.9 Å². The summed E-state index contributed by atoms with van der Waals surface area (Å²) >= 11 is 1.54. The number of hydrogen-bond donors (Lipinski definition) is 0. The molecule has 1 aliphatic heterocycles. The van der Waals surface area contributed by atoms with Crippen LogP contribution in [-0.4, -0.2) is 27.8 Å². The molecule has 0 radical (unpaired) electrons. The number of imide groups is 1. The molecule has 3 aromatic rings. The van der Waals surface area contributed by atoms with Gasteiger partial charge in [-0.2, -0.15) is 5.26 Å². The number of aryl methyl sites for hydroxylation is 1. The molecule has 1 aromatic carbocycles. The van der Waals surface area contributed by atoms with E-state index in [-0.39, 0.29) is 18.0 Å². The lowest BCUT2D eigenvalue weighted by molar-refractivity contribution is -0.140. The second kappa shape index (κ2) is 8.10. The van der Waals surface area contributed by atoms with Crippen molar-refractivity contribution in [2.24, 2.45) is 7.05 Å². The normalized spacial score (nSPS) is 15.4. The summed E-state index contributed by atoms with van der Waals surface area (Å²) in [5.41, 5.74) is 3.71. The van der Waals surface area contributed by atoms with Gasteiger partial charge < -0.3 is 4.57 Å². The minimum Gasteiger partial charge on any atom is -0.336 e. The summed E-state index contributed by atoms with van der Waals surface area (Å²) in [6.07, 6.45) is 1.77. The molecule has 6 heteroatoms. The third-order valence-electron chi connectivity index (χ3n) is 5.29. The van der Waals surface area contributed by atoms with Gasteiger partial charge in [0.2, 0.25) is 0 Å². The van der Waals surface area contributed by atoms with Gasteiger partial charge in [-0.15, -0.1) is 11.3 Å². The van der Waals surface area contributed by atoms with Crippen molar-refractivity contribution >= 4 is 39.4 Å². The third-order valence-corrected chi connectivity index (χ3v) is 6.30. The van der Waals surface area contributed by atoms with Crippen LogP contribution in [0.3, 0.4) is 0 Å². The predicted molar refractivity (Wildman–Crippen MR) is 122 cm³/mol. The molecule has 0 aliphatic carbocycles. The van der Waals surface area contributed by atoms with Crippen molar-refractivity contribution in [1.29, 1.82) is 5.26 Å². The van der Waals surface area contributed by atoms with E-state index in [0.29, 0.717) is 11.1 Å². The summed E-state index contributed by atoms with van der Waals surface area (Å²) in [5, 5.41) is 9.39. The zero-order valence-corrected chi connectivity index (χ0v) is 18.2. The molecule has 152 valence electrons. The summed E-state index contributed by atoms with van der Waals surface area (Å²) in [6.45, 7) is 3.60. The van der Waals surface area contributed by atoms with E-state index in [0.717, 1.165) is 31.3 Å². The van der Waals surface area contributed by atoms with Gasteiger partial charge in [0, 0.05) is 29.6 Å². The van der Waals surface area contributed by atoms with Crippen molar-refractivity contribution in [2.75, 3.05) is 6.54 Å². The summed E-state index contributed by atoms with van der Waals surface area (Å²) in [5.74, 6) is 5.50. The van der Waals surface area contributed by atoms with Crippen LogP contribution < -0.4 is 0 Å². The first-order valence-corrected chi connectivity index (χ1v) is 10.6. The minimum absolute atomic E-state index is 0.0206. The van der Waals surface area contributed by atoms with Gasteiger partial charge in [0.15, 0.2) is 0 Å². The van der Waals surface area contributed by atoms with Crippen LogP contribution >= 0.6 is 11.3 Å². The molecule has 0 unspecified atom stereocenters. The largest absolute Gasteiger partial charge is 0.336 e. The lowest BCUT2D eigenvalue weighted by atomic mass is 9.95. The number of aromatic nitrogens is 1. The van der Waals surface area contributed by atoms with Gasteiger partial charge in [0.25, 0.3) is 11.8 Å². The summed E-state index contributed by atoms with van der Waals surface area (Å²) in [7, 11) is 1.96. The fraction of sp³-hybridized carbons (Fsp3) is 0.160. The fourth-order valence-electron chi connectivity index (χ4n) is 3.54. The molecule has 0 spiro atoms. The SMILES string of the molecule is CCN1C(=O)C(C#N)=C(C)/C(=C/c2cc3c(cc(C#Cc4ccccc4)n3C)s2)C1=O. The zero-order chi connectivity index (χ0) is 22.1. The Labute approximate surface area is 184 Å². The van der Waals surface area contributed by atoms with Crippen molar-refractivity contribution in [3.63, 3.8) is 0 Å². The Bertz CT molecular complexity index is 1390. The van der Waals surface area contributed by atoms with E-state index in [1.54, 1.807) is 31.3 Å². The van der Waals surface area contributed by atoms with Gasteiger partial charge in [0.05, 0.1) is 15.9 Å². The van der Waals surface area contributed by atoms with E-state index in [1.165, 1.54) is 0 Å². The first-order chi connectivity index (χ1) is 14.9. The number of fused-ring (bicyclic) bond motifs is 1. The molecule has 1 aliphatic rings. The Morgan fingerprint density at radius 3 is 2.48 bits per heavy atom. The van der Waals surface area contributed by atoms with Crippen molar-refractivity contribution < 1.29 is 9.59 Å². The molecule has 2 aromatic heterocycles. The van der Waals surface area contributed by atoms with Crippen LogP contribution in [-0.2, 0) is 16.6 Å². The third kappa shape index (κ3) is 3.59. The molecule has 0 saturated carbocycles. The molecule has 2 amide bonds. The van der Waals surface area contributed by atoms with Crippen LogP contribution in [0.15, 0.2) is 59.2 Å². The Balaban J connectivity index is 1.73. The van der Waals surface area contributed by atoms with E-state index in [4.69, 9.17) is 0 Å². The van der Waals surface area contributed by atoms with E-state index < -0.39 is 5.91 Å². The van der Waals surface area contributed by atoms with Crippen molar-refractivity contribution in [3.05, 3.63) is 75.3 Å². The van der Waals surface area contributed by atoms with Gasteiger partial charge in [-0.25, -0.2) is 0 Å². The molecule has 4 rings (SSSR count). The van der Waals surface area contributed by atoms with Crippen LogP contribution in [0.1, 0.15) is 30.0 Å². The van der Waals surface area contributed by atoms with Crippen molar-refractivity contribution in [2.45, 2.75) is 13.8 Å². The zero-order valence-electron chi connectivity index (χ0n) is 17.4. The molecule has 0 bridgehead atoms. The number of hydrogen-bond acceptors (Lipinski definition) is 4. The highest BCUT2D eigenvalue weighted by Gasteiger charge is 2.34. The van der Waals surface area contributed by atoms with Crippen LogP contribution in [0.25, 0.3) is 16.3 Å². The molecule has 0 fully saturated rings. The maximum atomic E-state index is 12.8. The van der Waals surface area contributed by atoms with Crippen LogP contribution in [0, 0.1) is 23.2 Å². The summed E-state index contributed by atoms with van der Waals surface area (Å²) in [4.78, 5) is 27.1. The fourth-order valence-corrected chi connectivity index (χ4v) is 4.61. The Morgan fingerprint density at radius 2 is 1.84 bits per heavy atom. The Hall–Kier alpha value is -3.87. The van der Waals surface area contributed by atoms with Gasteiger partial charge in [-0.1, -0.05) is 24.1 Å². The number of rotatable bonds is 2. The number of thiophene rings is 1. The molecule has 5 nitrogen and oxygen atoms in total. The van der Waals surface area contributed by atoms with Crippen molar-refractivity contribution in [1.82, 2.24) is 9.47 Å². The maximum Gasteiger partial charge on any atom is 0.271 e. The van der Waals surface area contributed by atoms with E-state index >= 15 is 0 Å². The summed E-state index contributed by atoms with van der Waals surface area (Å²) < 4.78 is 3.08. The molecule has 0 saturated heterocycles.